The van der Waals surface area contributed by atoms with E-state index >= 15 is 0 Å². The Bertz CT molecular complexity index is 134. The summed E-state index contributed by atoms with van der Waals surface area (Å²) in [7, 11) is 1.75. The number of hydrogen-bond acceptors (Lipinski definition) is 2. The SMILES string of the molecule is COC1(C)CCC(C=O)CC1. The number of methoxy groups -OCH3 is 1. The van der Waals surface area contributed by atoms with Gasteiger partial charge in [-0.2, -0.15) is 0 Å². The number of carbonyl (C=O) groups excluding carboxylic acids is 1. The first-order chi connectivity index (χ1) is 5.20. The highest BCUT2D eigenvalue weighted by molar-refractivity contribution is 5.53. The first-order valence-electron chi connectivity index (χ1n) is 4.21. The Morgan fingerprint density at radius 1 is 1.45 bits per heavy atom. The molecule has 0 aromatic rings. The molecule has 1 saturated carbocycles. The second-order valence-corrected chi connectivity index (χ2v) is 3.63. The van der Waals surface area contributed by atoms with Crippen LogP contribution in [-0.2, 0) is 9.53 Å². The summed E-state index contributed by atoms with van der Waals surface area (Å²) >= 11 is 0. The number of carbonyl (C=O) groups is 1. The van der Waals surface area contributed by atoms with E-state index in [2.05, 4.69) is 6.92 Å². The lowest BCUT2D eigenvalue weighted by atomic mass is 9.80. The topological polar surface area (TPSA) is 26.3 Å². The van der Waals surface area contributed by atoms with E-state index in [1.54, 1.807) is 7.11 Å². The van der Waals surface area contributed by atoms with Crippen molar-refractivity contribution < 1.29 is 9.53 Å². The number of hydrogen-bond donors (Lipinski definition) is 0. The van der Waals surface area contributed by atoms with Crippen LogP contribution >= 0.6 is 0 Å². The molecule has 0 aromatic heterocycles. The summed E-state index contributed by atoms with van der Waals surface area (Å²) in [5, 5.41) is 0. The highest BCUT2D eigenvalue weighted by Gasteiger charge is 2.30. The monoisotopic (exact) mass is 156 g/mol. The summed E-state index contributed by atoms with van der Waals surface area (Å²) in [5.74, 6) is 0.290. The molecule has 1 aliphatic carbocycles. The van der Waals surface area contributed by atoms with E-state index in [-0.39, 0.29) is 5.60 Å². The predicted octanol–water partition coefficient (Wildman–Crippen LogP) is 1.78. The molecule has 0 atom stereocenters. The van der Waals surface area contributed by atoms with E-state index in [1.165, 1.54) is 0 Å². The van der Waals surface area contributed by atoms with Crippen LogP contribution in [0.1, 0.15) is 32.6 Å². The first kappa shape index (κ1) is 8.72. The lowest BCUT2D eigenvalue weighted by Gasteiger charge is -2.34. The van der Waals surface area contributed by atoms with Crippen LogP contribution in [0.15, 0.2) is 0 Å². The van der Waals surface area contributed by atoms with Gasteiger partial charge in [0.05, 0.1) is 5.60 Å². The Kier molecular flexibility index (Phi) is 2.66. The second kappa shape index (κ2) is 3.35. The second-order valence-electron chi connectivity index (χ2n) is 3.63. The lowest BCUT2D eigenvalue weighted by molar-refractivity contribution is -0.114. The van der Waals surface area contributed by atoms with Gasteiger partial charge in [-0.15, -0.1) is 0 Å². The highest BCUT2D eigenvalue weighted by Crippen LogP contribution is 2.32. The maximum Gasteiger partial charge on any atom is 0.123 e. The van der Waals surface area contributed by atoms with Crippen molar-refractivity contribution in [2.75, 3.05) is 7.11 Å². The van der Waals surface area contributed by atoms with Crippen LogP contribution in [-0.4, -0.2) is 19.0 Å². The van der Waals surface area contributed by atoms with Crippen LogP contribution in [0.25, 0.3) is 0 Å². The zero-order chi connectivity index (χ0) is 8.32. The summed E-state index contributed by atoms with van der Waals surface area (Å²) in [6, 6.07) is 0. The molecule has 0 radical (unpaired) electrons. The maximum absolute atomic E-state index is 10.4. The van der Waals surface area contributed by atoms with Gasteiger partial charge < -0.3 is 9.53 Å². The van der Waals surface area contributed by atoms with Crippen molar-refractivity contribution in [3.05, 3.63) is 0 Å². The fourth-order valence-electron chi connectivity index (χ4n) is 1.59. The molecule has 1 rings (SSSR count). The fraction of sp³-hybridized carbons (Fsp3) is 0.889. The van der Waals surface area contributed by atoms with Crippen LogP contribution < -0.4 is 0 Å². The minimum atomic E-state index is 0.0412. The summed E-state index contributed by atoms with van der Waals surface area (Å²) in [4.78, 5) is 10.4. The van der Waals surface area contributed by atoms with E-state index in [0.29, 0.717) is 5.92 Å². The molecule has 0 aliphatic heterocycles. The van der Waals surface area contributed by atoms with Gasteiger partial charge in [0.15, 0.2) is 0 Å². The van der Waals surface area contributed by atoms with Gasteiger partial charge >= 0.3 is 0 Å². The minimum absolute atomic E-state index is 0.0412. The molecule has 11 heavy (non-hydrogen) atoms. The zero-order valence-corrected chi connectivity index (χ0v) is 7.30. The minimum Gasteiger partial charge on any atom is -0.379 e. The molecule has 0 N–H and O–H groups in total. The molecule has 0 amide bonds. The summed E-state index contributed by atoms with van der Waals surface area (Å²) < 4.78 is 5.36. The fourth-order valence-corrected chi connectivity index (χ4v) is 1.59. The van der Waals surface area contributed by atoms with E-state index in [9.17, 15) is 4.79 Å². The van der Waals surface area contributed by atoms with Crippen molar-refractivity contribution >= 4 is 6.29 Å². The molecule has 1 fully saturated rings. The van der Waals surface area contributed by atoms with Crippen molar-refractivity contribution in [1.82, 2.24) is 0 Å². The quantitative estimate of drug-likeness (QED) is 0.570. The molecular weight excluding hydrogens is 140 g/mol. The van der Waals surface area contributed by atoms with E-state index in [1.807, 2.05) is 0 Å². The average Bonchev–Trinajstić information content (AvgIpc) is 2.06. The third-order valence-corrected chi connectivity index (χ3v) is 2.77. The molecule has 1 aliphatic rings. The smallest absolute Gasteiger partial charge is 0.123 e. The maximum atomic E-state index is 10.4. The van der Waals surface area contributed by atoms with Crippen molar-refractivity contribution in [3.8, 4) is 0 Å². The normalized spacial score (nSPS) is 38.5. The summed E-state index contributed by atoms with van der Waals surface area (Å²) in [5.41, 5.74) is 0.0412. The molecular formula is C9H16O2. The van der Waals surface area contributed by atoms with Gasteiger partial charge in [0.1, 0.15) is 6.29 Å². The molecule has 0 unspecified atom stereocenters. The van der Waals surface area contributed by atoms with Gasteiger partial charge in [-0.25, -0.2) is 0 Å². The van der Waals surface area contributed by atoms with Crippen LogP contribution in [0.4, 0.5) is 0 Å². The van der Waals surface area contributed by atoms with Crippen LogP contribution in [0.3, 0.4) is 0 Å². The van der Waals surface area contributed by atoms with Gasteiger partial charge in [0.25, 0.3) is 0 Å². The van der Waals surface area contributed by atoms with Gasteiger partial charge in [-0.3, -0.25) is 0 Å². The lowest BCUT2D eigenvalue weighted by Crippen LogP contribution is -2.33. The molecule has 2 heteroatoms. The highest BCUT2D eigenvalue weighted by atomic mass is 16.5. The van der Waals surface area contributed by atoms with E-state index in [4.69, 9.17) is 4.74 Å². The Morgan fingerprint density at radius 2 is 2.00 bits per heavy atom. The summed E-state index contributed by atoms with van der Waals surface area (Å²) in [6.07, 6.45) is 5.11. The Hall–Kier alpha value is -0.370. The molecule has 64 valence electrons. The standard InChI is InChI=1S/C9H16O2/c1-9(11-2)5-3-8(7-10)4-6-9/h7-8H,3-6H2,1-2H3. The molecule has 0 spiro atoms. The van der Waals surface area contributed by atoms with Crippen LogP contribution in [0.5, 0.6) is 0 Å². The number of aldehydes is 1. The van der Waals surface area contributed by atoms with Gasteiger partial charge in [0.2, 0.25) is 0 Å². The van der Waals surface area contributed by atoms with Crippen molar-refractivity contribution in [3.63, 3.8) is 0 Å². The Labute approximate surface area is 67.9 Å². The van der Waals surface area contributed by atoms with E-state index < -0.39 is 0 Å². The summed E-state index contributed by atoms with van der Waals surface area (Å²) in [6.45, 7) is 2.12. The molecule has 0 bridgehead atoms. The first-order valence-corrected chi connectivity index (χ1v) is 4.21. The zero-order valence-electron chi connectivity index (χ0n) is 7.30. The molecule has 2 nitrogen and oxygen atoms in total. The largest absolute Gasteiger partial charge is 0.379 e. The van der Waals surface area contributed by atoms with Gasteiger partial charge in [-0.05, 0) is 32.6 Å². The molecule has 0 saturated heterocycles. The van der Waals surface area contributed by atoms with Crippen molar-refractivity contribution in [1.29, 1.82) is 0 Å². The number of ether oxygens (including phenoxy) is 1. The van der Waals surface area contributed by atoms with Crippen molar-refractivity contribution in [2.45, 2.75) is 38.2 Å². The molecule has 0 heterocycles. The van der Waals surface area contributed by atoms with Crippen molar-refractivity contribution in [2.24, 2.45) is 5.92 Å². The average molecular weight is 156 g/mol. The van der Waals surface area contributed by atoms with Crippen LogP contribution in [0, 0.1) is 5.92 Å². The number of rotatable bonds is 2. The third kappa shape index (κ3) is 2.03. The van der Waals surface area contributed by atoms with Gasteiger partial charge in [0, 0.05) is 13.0 Å². The van der Waals surface area contributed by atoms with Gasteiger partial charge in [-0.1, -0.05) is 0 Å². The Morgan fingerprint density at radius 3 is 2.36 bits per heavy atom. The Balaban J connectivity index is 2.40. The van der Waals surface area contributed by atoms with Crippen LogP contribution in [0.2, 0.25) is 0 Å². The predicted molar refractivity (Wildman–Crippen MR) is 43.4 cm³/mol. The molecule has 0 aromatic carbocycles. The third-order valence-electron chi connectivity index (χ3n) is 2.77. The van der Waals surface area contributed by atoms with E-state index in [0.717, 1.165) is 32.0 Å².